The van der Waals surface area contributed by atoms with Gasteiger partial charge in [0.1, 0.15) is 0 Å². The first-order valence-corrected chi connectivity index (χ1v) is 6.67. The Morgan fingerprint density at radius 1 is 1.17 bits per heavy atom. The molecule has 5 heteroatoms. The third-order valence-corrected chi connectivity index (χ3v) is 3.21. The second-order valence-corrected chi connectivity index (χ2v) is 4.52. The molecular weight excluding hydrogens is 246 g/mol. The predicted molar refractivity (Wildman–Crippen MR) is 76.7 cm³/mol. The molecule has 0 amide bonds. The SMILES string of the molecule is COc1ccc(N)c(Nc2ccc(SC)cc2)n1. The Balaban J connectivity index is 2.21. The molecule has 0 saturated carbocycles. The van der Waals surface area contributed by atoms with Crippen LogP contribution in [-0.2, 0) is 0 Å². The number of hydrogen-bond acceptors (Lipinski definition) is 5. The maximum Gasteiger partial charge on any atom is 0.215 e. The summed E-state index contributed by atoms with van der Waals surface area (Å²) in [4.78, 5) is 5.48. The van der Waals surface area contributed by atoms with Gasteiger partial charge < -0.3 is 15.8 Å². The van der Waals surface area contributed by atoms with Crippen LogP contribution in [0.1, 0.15) is 0 Å². The minimum atomic E-state index is 0.535. The Labute approximate surface area is 111 Å². The molecule has 3 N–H and O–H groups in total. The summed E-state index contributed by atoms with van der Waals surface area (Å²) in [6.45, 7) is 0. The van der Waals surface area contributed by atoms with Crippen molar-refractivity contribution in [1.29, 1.82) is 0 Å². The van der Waals surface area contributed by atoms with Gasteiger partial charge in [0.15, 0.2) is 5.82 Å². The Morgan fingerprint density at radius 3 is 2.50 bits per heavy atom. The highest BCUT2D eigenvalue weighted by atomic mass is 32.2. The quantitative estimate of drug-likeness (QED) is 0.828. The molecule has 1 heterocycles. The van der Waals surface area contributed by atoms with Gasteiger partial charge >= 0.3 is 0 Å². The topological polar surface area (TPSA) is 60.2 Å². The van der Waals surface area contributed by atoms with Crippen molar-refractivity contribution < 1.29 is 4.74 Å². The lowest BCUT2D eigenvalue weighted by Crippen LogP contribution is -2.00. The zero-order chi connectivity index (χ0) is 13.0. The van der Waals surface area contributed by atoms with Crippen molar-refractivity contribution in [2.75, 3.05) is 24.4 Å². The van der Waals surface area contributed by atoms with Crippen LogP contribution >= 0.6 is 11.8 Å². The summed E-state index contributed by atoms with van der Waals surface area (Å²) < 4.78 is 5.07. The second kappa shape index (κ2) is 5.64. The molecule has 2 rings (SSSR count). The lowest BCUT2D eigenvalue weighted by atomic mass is 10.3. The molecule has 0 spiro atoms. The summed E-state index contributed by atoms with van der Waals surface area (Å²) in [5.41, 5.74) is 7.40. The molecule has 2 aromatic rings. The fourth-order valence-electron chi connectivity index (χ4n) is 1.48. The molecule has 18 heavy (non-hydrogen) atoms. The zero-order valence-corrected chi connectivity index (χ0v) is 11.1. The van der Waals surface area contributed by atoms with Crippen LogP contribution in [0.3, 0.4) is 0 Å². The number of rotatable bonds is 4. The maximum absolute atomic E-state index is 5.86. The number of hydrogen-bond donors (Lipinski definition) is 2. The lowest BCUT2D eigenvalue weighted by molar-refractivity contribution is 0.398. The third-order valence-electron chi connectivity index (χ3n) is 2.46. The molecule has 0 unspecified atom stereocenters. The van der Waals surface area contributed by atoms with E-state index in [1.807, 2.05) is 30.5 Å². The number of nitrogens with zero attached hydrogens (tertiary/aromatic N) is 1. The number of aromatic nitrogens is 1. The van der Waals surface area contributed by atoms with E-state index in [2.05, 4.69) is 10.3 Å². The third kappa shape index (κ3) is 2.87. The molecule has 0 bridgehead atoms. The molecule has 0 saturated heterocycles. The summed E-state index contributed by atoms with van der Waals surface area (Å²) in [5.74, 6) is 1.14. The average molecular weight is 261 g/mol. The van der Waals surface area contributed by atoms with E-state index in [1.54, 1.807) is 31.0 Å². The van der Waals surface area contributed by atoms with Crippen molar-refractivity contribution in [1.82, 2.24) is 4.98 Å². The molecule has 94 valence electrons. The minimum absolute atomic E-state index is 0.535. The summed E-state index contributed by atoms with van der Waals surface area (Å²) in [6.07, 6.45) is 2.05. The van der Waals surface area contributed by atoms with Gasteiger partial charge in [-0.2, -0.15) is 4.98 Å². The van der Waals surface area contributed by atoms with Gasteiger partial charge in [-0.05, 0) is 36.6 Å². The van der Waals surface area contributed by atoms with Gasteiger partial charge in [-0.15, -0.1) is 11.8 Å². The molecule has 4 nitrogen and oxygen atoms in total. The van der Waals surface area contributed by atoms with E-state index in [1.165, 1.54) is 4.90 Å². The molecule has 0 aliphatic rings. The van der Waals surface area contributed by atoms with Crippen molar-refractivity contribution in [2.45, 2.75) is 4.90 Å². The summed E-state index contributed by atoms with van der Waals surface area (Å²) in [6, 6.07) is 11.6. The van der Waals surface area contributed by atoms with Crippen LogP contribution in [0.4, 0.5) is 17.2 Å². The maximum atomic E-state index is 5.86. The van der Waals surface area contributed by atoms with Gasteiger partial charge in [0.25, 0.3) is 0 Å². The largest absolute Gasteiger partial charge is 0.481 e. The molecule has 0 aliphatic carbocycles. The lowest BCUT2D eigenvalue weighted by Gasteiger charge is -2.10. The second-order valence-electron chi connectivity index (χ2n) is 3.64. The van der Waals surface area contributed by atoms with Gasteiger partial charge in [-0.3, -0.25) is 0 Å². The number of methoxy groups -OCH3 is 1. The predicted octanol–water partition coefficient (Wildman–Crippen LogP) is 3.14. The molecule has 1 aromatic carbocycles. The highest BCUT2D eigenvalue weighted by Gasteiger charge is 2.03. The number of thioether (sulfide) groups is 1. The number of nitrogen functional groups attached to an aromatic ring is 1. The Bertz CT molecular complexity index is 528. The van der Waals surface area contributed by atoms with E-state index in [4.69, 9.17) is 10.5 Å². The van der Waals surface area contributed by atoms with E-state index in [0.29, 0.717) is 17.4 Å². The van der Waals surface area contributed by atoms with E-state index < -0.39 is 0 Å². The summed E-state index contributed by atoms with van der Waals surface area (Å²) >= 11 is 1.70. The first-order valence-electron chi connectivity index (χ1n) is 5.44. The van der Waals surface area contributed by atoms with Crippen molar-refractivity contribution in [2.24, 2.45) is 0 Å². The van der Waals surface area contributed by atoms with E-state index in [0.717, 1.165) is 5.69 Å². The highest BCUT2D eigenvalue weighted by Crippen LogP contribution is 2.25. The van der Waals surface area contributed by atoms with Crippen LogP contribution in [0.2, 0.25) is 0 Å². The first kappa shape index (κ1) is 12.6. The fourth-order valence-corrected chi connectivity index (χ4v) is 1.89. The standard InChI is InChI=1S/C13H15N3OS/c1-17-12-8-7-11(14)13(16-12)15-9-3-5-10(18-2)6-4-9/h3-8H,14H2,1-2H3,(H,15,16). The minimum Gasteiger partial charge on any atom is -0.481 e. The monoisotopic (exact) mass is 261 g/mol. The van der Waals surface area contributed by atoms with Gasteiger partial charge in [0, 0.05) is 16.6 Å². The van der Waals surface area contributed by atoms with Crippen LogP contribution in [-0.4, -0.2) is 18.3 Å². The summed E-state index contributed by atoms with van der Waals surface area (Å²) in [5, 5.41) is 3.17. The first-order chi connectivity index (χ1) is 8.72. The Morgan fingerprint density at radius 2 is 1.89 bits per heavy atom. The number of benzene rings is 1. The van der Waals surface area contributed by atoms with E-state index >= 15 is 0 Å². The van der Waals surface area contributed by atoms with Crippen LogP contribution in [0, 0.1) is 0 Å². The molecule has 0 atom stereocenters. The van der Waals surface area contributed by atoms with Crippen LogP contribution in [0.5, 0.6) is 5.88 Å². The Kier molecular flexibility index (Phi) is 3.94. The van der Waals surface area contributed by atoms with Crippen LogP contribution in [0.15, 0.2) is 41.3 Å². The number of pyridine rings is 1. The van der Waals surface area contributed by atoms with Crippen molar-refractivity contribution in [3.63, 3.8) is 0 Å². The summed E-state index contributed by atoms with van der Waals surface area (Å²) in [7, 11) is 1.58. The highest BCUT2D eigenvalue weighted by molar-refractivity contribution is 7.98. The molecule has 1 aromatic heterocycles. The Hall–Kier alpha value is -1.88. The molecular formula is C13H15N3OS. The molecule has 0 fully saturated rings. The smallest absolute Gasteiger partial charge is 0.215 e. The molecule has 0 aliphatic heterocycles. The van der Waals surface area contributed by atoms with Gasteiger partial charge in [-0.1, -0.05) is 0 Å². The van der Waals surface area contributed by atoms with Crippen LogP contribution in [0.25, 0.3) is 0 Å². The molecule has 0 radical (unpaired) electrons. The van der Waals surface area contributed by atoms with Gasteiger partial charge in [0.2, 0.25) is 5.88 Å². The van der Waals surface area contributed by atoms with E-state index in [-0.39, 0.29) is 0 Å². The zero-order valence-electron chi connectivity index (χ0n) is 10.3. The van der Waals surface area contributed by atoms with Crippen molar-refractivity contribution >= 4 is 29.0 Å². The number of nitrogens with one attached hydrogen (secondary N) is 1. The van der Waals surface area contributed by atoms with Gasteiger partial charge in [0.05, 0.1) is 12.8 Å². The number of anilines is 3. The number of nitrogens with two attached hydrogens (primary N) is 1. The van der Waals surface area contributed by atoms with E-state index in [9.17, 15) is 0 Å². The van der Waals surface area contributed by atoms with Crippen LogP contribution < -0.4 is 15.8 Å². The van der Waals surface area contributed by atoms with Crippen molar-refractivity contribution in [3.05, 3.63) is 36.4 Å². The average Bonchev–Trinajstić information content (AvgIpc) is 2.42. The normalized spacial score (nSPS) is 10.1. The fraction of sp³-hybridized carbons (Fsp3) is 0.154. The number of ether oxygens (including phenoxy) is 1. The van der Waals surface area contributed by atoms with Gasteiger partial charge in [-0.25, -0.2) is 0 Å². The van der Waals surface area contributed by atoms with Crippen molar-refractivity contribution in [3.8, 4) is 5.88 Å².